The van der Waals surface area contributed by atoms with Crippen molar-refractivity contribution >= 4 is 35.0 Å². The average molecular weight is 589 g/mol. The summed E-state index contributed by atoms with van der Waals surface area (Å²) in [6, 6.07) is 0.703. The zero-order chi connectivity index (χ0) is 31.4. The van der Waals surface area contributed by atoms with Crippen molar-refractivity contribution in [1.82, 2.24) is 10.2 Å². The van der Waals surface area contributed by atoms with Crippen LogP contribution in [0.15, 0.2) is 11.6 Å². The maximum atomic E-state index is 14.0. The monoisotopic (exact) mass is 588 g/mol. The number of hydrogen-bond acceptors (Lipinski definition) is 11. The Balaban J connectivity index is 1.83. The van der Waals surface area contributed by atoms with E-state index in [0.29, 0.717) is 11.3 Å². The number of fused-ring (bicyclic) bond motifs is 3. The Hall–Kier alpha value is -3.68. The molecule has 2 amide bonds. The second kappa shape index (κ2) is 11.2. The summed E-state index contributed by atoms with van der Waals surface area (Å²) in [6.45, 7) is 3.83. The van der Waals surface area contributed by atoms with Gasteiger partial charge in [-0.3, -0.25) is 14.4 Å². The number of primary amides is 1. The summed E-state index contributed by atoms with van der Waals surface area (Å²) in [7, 11) is 6.73. The Morgan fingerprint density at radius 3 is 2.38 bits per heavy atom. The number of phenols is 1. The van der Waals surface area contributed by atoms with E-state index in [9.17, 15) is 39.6 Å². The number of aliphatic hydroxyl groups is 3. The number of carbonyl (C=O) groups excluding carboxylic acids is 4. The van der Waals surface area contributed by atoms with Crippen LogP contribution in [0.25, 0.3) is 5.76 Å². The SMILES string of the molecule is CC(C)COC(=O)NCc1cc(N(C)C)c2c(c1O)C(O)=C1C(=O)[C@@]3(O)C(=O)C(C(N)=O)C(O)[C@H](N(C)C)[C@H]3C[C@H]1C2. The lowest BCUT2D eigenvalue weighted by atomic mass is 9.54. The van der Waals surface area contributed by atoms with E-state index in [2.05, 4.69) is 5.32 Å². The standard InChI is InChI=1S/C29H40N4O9/c1-12(2)11-42-28(40)31-10-14-9-17(32(3)4)15-7-13-8-16-21(33(5)6)24(36)20(27(30)39)26(38)29(16,41)25(37)18(13)23(35)19(15)22(14)34/h9,12-13,16,20-21,24,34-36,41H,7-8,10-11H2,1-6H3,(H2,30,39)(H,31,40)/t13-,16-,20?,21-,24?,29-/m1/s1. The summed E-state index contributed by atoms with van der Waals surface area (Å²) in [5, 5.41) is 48.2. The van der Waals surface area contributed by atoms with Crippen LogP contribution in [-0.4, -0.2) is 101 Å². The number of ketones is 2. The Kier molecular flexibility index (Phi) is 8.33. The molecular formula is C29H40N4O9. The van der Waals surface area contributed by atoms with Crippen LogP contribution in [0.2, 0.25) is 0 Å². The summed E-state index contributed by atoms with van der Waals surface area (Å²) in [5.74, 6) is -7.93. The number of nitrogens with zero attached hydrogens (tertiary/aromatic N) is 2. The topological polar surface area (TPSA) is 203 Å². The molecule has 1 aromatic rings. The van der Waals surface area contributed by atoms with Crippen LogP contribution in [0.4, 0.5) is 10.5 Å². The molecule has 6 atom stereocenters. The molecule has 1 aromatic carbocycles. The zero-order valence-electron chi connectivity index (χ0n) is 24.7. The van der Waals surface area contributed by atoms with Crippen LogP contribution in [0.1, 0.15) is 37.0 Å². The van der Waals surface area contributed by atoms with Gasteiger partial charge in [-0.25, -0.2) is 4.79 Å². The molecule has 13 heteroatoms. The molecule has 7 N–H and O–H groups in total. The minimum Gasteiger partial charge on any atom is -0.507 e. The first kappa shape index (κ1) is 31.3. The molecule has 0 heterocycles. The van der Waals surface area contributed by atoms with Crippen LogP contribution >= 0.6 is 0 Å². The predicted octanol–water partition coefficient (Wildman–Crippen LogP) is 0.0772. The van der Waals surface area contributed by atoms with Gasteiger partial charge in [-0.05, 0) is 50.4 Å². The van der Waals surface area contributed by atoms with Crippen molar-refractivity contribution in [1.29, 1.82) is 0 Å². The number of carbonyl (C=O) groups is 4. The molecule has 230 valence electrons. The lowest BCUT2D eigenvalue weighted by Crippen LogP contribution is -2.73. The number of amides is 2. The van der Waals surface area contributed by atoms with Gasteiger partial charge in [-0.15, -0.1) is 0 Å². The van der Waals surface area contributed by atoms with Gasteiger partial charge in [0.25, 0.3) is 0 Å². The average Bonchev–Trinajstić information content (AvgIpc) is 2.88. The predicted molar refractivity (Wildman–Crippen MR) is 151 cm³/mol. The number of likely N-dealkylation sites (N-methyl/N-ethyl adjacent to an activating group) is 1. The molecule has 13 nitrogen and oxygen atoms in total. The molecule has 0 aromatic heterocycles. The highest BCUT2D eigenvalue weighted by Crippen LogP contribution is 2.53. The molecule has 2 saturated carbocycles. The van der Waals surface area contributed by atoms with Gasteiger partial charge in [0.1, 0.15) is 17.4 Å². The number of Topliss-reactive ketones (excluding diaryl/α,β-unsaturated/α-hetero) is 2. The highest BCUT2D eigenvalue weighted by molar-refractivity contribution is 6.25. The van der Waals surface area contributed by atoms with E-state index in [1.165, 1.54) is 0 Å². The van der Waals surface area contributed by atoms with Crippen LogP contribution in [0.5, 0.6) is 5.75 Å². The van der Waals surface area contributed by atoms with Crippen LogP contribution < -0.4 is 16.0 Å². The fourth-order valence-corrected chi connectivity index (χ4v) is 6.70. The van der Waals surface area contributed by atoms with Crippen LogP contribution in [-0.2, 0) is 32.1 Å². The molecule has 2 fully saturated rings. The summed E-state index contributed by atoms with van der Waals surface area (Å²) in [4.78, 5) is 55.2. The summed E-state index contributed by atoms with van der Waals surface area (Å²) in [5.41, 5.74) is 3.79. The van der Waals surface area contributed by atoms with Gasteiger partial charge >= 0.3 is 6.09 Å². The minimum atomic E-state index is -2.73. The lowest BCUT2D eigenvalue weighted by Gasteiger charge is -2.53. The fourth-order valence-electron chi connectivity index (χ4n) is 6.70. The molecule has 2 unspecified atom stereocenters. The van der Waals surface area contributed by atoms with Crippen molar-refractivity contribution in [2.24, 2.45) is 29.4 Å². The van der Waals surface area contributed by atoms with Gasteiger partial charge in [-0.1, -0.05) is 13.8 Å². The van der Waals surface area contributed by atoms with Gasteiger partial charge in [0.2, 0.25) is 11.7 Å². The third-order valence-corrected chi connectivity index (χ3v) is 8.60. The third kappa shape index (κ3) is 4.88. The highest BCUT2D eigenvalue weighted by Gasteiger charge is 2.67. The number of nitrogens with one attached hydrogen (secondary N) is 1. The fraction of sp³-hybridized carbons (Fsp3) is 0.586. The van der Waals surface area contributed by atoms with Gasteiger partial charge in [0.15, 0.2) is 11.4 Å². The number of alkyl carbamates (subject to hydrolysis) is 1. The number of ether oxygens (including phenoxy) is 1. The van der Waals surface area contributed by atoms with Crippen molar-refractivity contribution in [3.8, 4) is 5.75 Å². The van der Waals surface area contributed by atoms with Gasteiger partial charge in [-0.2, -0.15) is 0 Å². The number of nitrogens with two attached hydrogens (primary N) is 1. The minimum absolute atomic E-state index is 0.0246. The van der Waals surface area contributed by atoms with Crippen molar-refractivity contribution in [3.05, 3.63) is 28.3 Å². The lowest BCUT2D eigenvalue weighted by molar-refractivity contribution is -0.184. The highest BCUT2D eigenvalue weighted by atomic mass is 16.5. The van der Waals surface area contributed by atoms with Gasteiger partial charge in [0, 0.05) is 49.4 Å². The number of rotatable bonds is 7. The molecular weight excluding hydrogens is 548 g/mol. The van der Waals surface area contributed by atoms with Gasteiger partial charge < -0.3 is 46.0 Å². The van der Waals surface area contributed by atoms with Crippen molar-refractivity contribution in [2.75, 3.05) is 39.7 Å². The van der Waals surface area contributed by atoms with E-state index in [0.717, 1.165) is 0 Å². The van der Waals surface area contributed by atoms with Crippen LogP contribution in [0, 0.1) is 23.7 Å². The summed E-state index contributed by atoms with van der Waals surface area (Å²) < 4.78 is 5.13. The quantitative estimate of drug-likeness (QED) is 0.235. The van der Waals surface area contributed by atoms with Crippen molar-refractivity contribution in [2.45, 2.75) is 51.0 Å². The number of benzene rings is 1. The Labute approximate surface area is 243 Å². The molecule has 42 heavy (non-hydrogen) atoms. The molecule has 3 aliphatic carbocycles. The molecule has 3 aliphatic rings. The molecule has 0 saturated heterocycles. The first-order valence-corrected chi connectivity index (χ1v) is 13.9. The van der Waals surface area contributed by atoms with Crippen molar-refractivity contribution in [3.63, 3.8) is 0 Å². The molecule has 0 aliphatic heterocycles. The summed E-state index contributed by atoms with van der Waals surface area (Å²) in [6.07, 6.45) is -2.05. The van der Waals surface area contributed by atoms with Gasteiger partial charge in [0.05, 0.1) is 18.3 Å². The first-order chi connectivity index (χ1) is 19.5. The first-order valence-electron chi connectivity index (χ1n) is 13.9. The van der Waals surface area contributed by atoms with Crippen molar-refractivity contribution < 1.29 is 44.3 Å². The van der Waals surface area contributed by atoms with E-state index in [4.69, 9.17) is 10.5 Å². The normalized spacial score (nSPS) is 28.8. The number of hydrogen-bond donors (Lipinski definition) is 6. The van der Waals surface area contributed by atoms with E-state index in [1.807, 2.05) is 13.8 Å². The maximum absolute atomic E-state index is 14.0. The zero-order valence-corrected chi connectivity index (χ0v) is 24.7. The number of phenolic OH excluding ortho intramolecular Hbond substituents is 1. The van der Waals surface area contributed by atoms with E-state index >= 15 is 0 Å². The smallest absolute Gasteiger partial charge is 0.407 e. The largest absolute Gasteiger partial charge is 0.507 e. The van der Waals surface area contributed by atoms with Crippen LogP contribution in [0.3, 0.4) is 0 Å². The third-order valence-electron chi connectivity index (χ3n) is 8.60. The number of aliphatic hydroxyl groups excluding tert-OH is 2. The number of anilines is 1. The second-order valence-corrected chi connectivity index (χ2v) is 12.3. The second-order valence-electron chi connectivity index (χ2n) is 12.3. The Morgan fingerprint density at radius 2 is 1.83 bits per heavy atom. The molecule has 0 radical (unpaired) electrons. The Morgan fingerprint density at radius 1 is 1.19 bits per heavy atom. The maximum Gasteiger partial charge on any atom is 0.407 e. The summed E-state index contributed by atoms with van der Waals surface area (Å²) >= 11 is 0. The molecule has 0 spiro atoms. The van der Waals surface area contributed by atoms with E-state index in [1.54, 1.807) is 44.1 Å². The number of aromatic hydroxyl groups is 1. The van der Waals surface area contributed by atoms with E-state index in [-0.39, 0.29) is 54.4 Å². The Bertz CT molecular complexity index is 1350. The molecule has 0 bridgehead atoms. The molecule has 4 rings (SSSR count). The van der Waals surface area contributed by atoms with E-state index < -0.39 is 64.8 Å².